The molecule has 0 spiro atoms. The summed E-state index contributed by atoms with van der Waals surface area (Å²) in [6, 6.07) is 8.11. The number of amides is 2. The van der Waals surface area contributed by atoms with Crippen molar-refractivity contribution in [3.8, 4) is 0 Å². The Kier molecular flexibility index (Phi) is 5.69. The van der Waals surface area contributed by atoms with Crippen LogP contribution in [0.4, 0.5) is 11.4 Å². The standard InChI is InChI=1S/C18H26N4O2/c23-17-13-21(12-9-19-17)14-18(24)20-15-5-7-16(8-6-15)22-10-3-1-2-4-11-22/h5-8H,1-4,9-14H2,(H,19,23)(H,20,24)/p+1. The van der Waals surface area contributed by atoms with E-state index in [1.165, 1.54) is 31.4 Å². The summed E-state index contributed by atoms with van der Waals surface area (Å²) in [6.45, 7) is 4.39. The summed E-state index contributed by atoms with van der Waals surface area (Å²) in [5.74, 6) is -0.0203. The molecule has 2 fully saturated rings. The molecule has 1 aromatic carbocycles. The van der Waals surface area contributed by atoms with Crippen LogP contribution in [0.1, 0.15) is 25.7 Å². The van der Waals surface area contributed by atoms with Crippen molar-refractivity contribution in [2.75, 3.05) is 49.5 Å². The van der Waals surface area contributed by atoms with Crippen molar-refractivity contribution in [1.29, 1.82) is 0 Å². The molecule has 6 heteroatoms. The maximum Gasteiger partial charge on any atom is 0.279 e. The highest BCUT2D eigenvalue weighted by atomic mass is 16.2. The van der Waals surface area contributed by atoms with Crippen molar-refractivity contribution in [3.63, 3.8) is 0 Å². The monoisotopic (exact) mass is 331 g/mol. The molecule has 0 radical (unpaired) electrons. The first kappa shape index (κ1) is 16.8. The van der Waals surface area contributed by atoms with Gasteiger partial charge in [0.05, 0.1) is 13.1 Å². The van der Waals surface area contributed by atoms with E-state index in [0.717, 1.165) is 30.2 Å². The average molecular weight is 331 g/mol. The van der Waals surface area contributed by atoms with Gasteiger partial charge in [0.15, 0.2) is 13.1 Å². The molecule has 2 aliphatic heterocycles. The first-order valence-electron chi connectivity index (χ1n) is 8.96. The van der Waals surface area contributed by atoms with Crippen LogP contribution in [-0.4, -0.2) is 51.1 Å². The topological polar surface area (TPSA) is 65.9 Å². The zero-order valence-corrected chi connectivity index (χ0v) is 14.1. The van der Waals surface area contributed by atoms with Gasteiger partial charge in [-0.25, -0.2) is 0 Å². The van der Waals surface area contributed by atoms with Gasteiger partial charge in [-0.3, -0.25) is 9.59 Å². The van der Waals surface area contributed by atoms with E-state index in [2.05, 4.69) is 27.7 Å². The van der Waals surface area contributed by atoms with Crippen LogP contribution in [0, 0.1) is 0 Å². The molecule has 6 nitrogen and oxygen atoms in total. The van der Waals surface area contributed by atoms with E-state index in [-0.39, 0.29) is 11.8 Å². The number of benzene rings is 1. The minimum absolute atomic E-state index is 0.0193. The number of quaternary nitrogens is 1. The molecule has 0 aromatic heterocycles. The minimum Gasteiger partial charge on any atom is -0.372 e. The average Bonchev–Trinajstić information content (AvgIpc) is 2.85. The molecular weight excluding hydrogens is 304 g/mol. The summed E-state index contributed by atoms with van der Waals surface area (Å²) in [6.07, 6.45) is 5.15. The fourth-order valence-electron chi connectivity index (χ4n) is 3.42. The number of nitrogens with zero attached hydrogens (tertiary/aromatic N) is 1. The molecule has 0 bridgehead atoms. The number of hydrogen-bond donors (Lipinski definition) is 3. The Morgan fingerprint density at radius 3 is 2.50 bits per heavy atom. The van der Waals surface area contributed by atoms with Crippen LogP contribution in [0.2, 0.25) is 0 Å². The van der Waals surface area contributed by atoms with Crippen molar-refractivity contribution in [2.24, 2.45) is 0 Å². The highest BCUT2D eigenvalue weighted by molar-refractivity contribution is 5.91. The Hall–Kier alpha value is -2.08. The highest BCUT2D eigenvalue weighted by Gasteiger charge is 2.22. The van der Waals surface area contributed by atoms with Gasteiger partial charge in [0.1, 0.15) is 0 Å². The van der Waals surface area contributed by atoms with E-state index in [1.807, 2.05) is 12.1 Å². The summed E-state index contributed by atoms with van der Waals surface area (Å²) >= 11 is 0. The molecule has 2 aliphatic rings. The third-order valence-corrected chi connectivity index (χ3v) is 4.74. The second-order valence-electron chi connectivity index (χ2n) is 6.70. The van der Waals surface area contributed by atoms with E-state index < -0.39 is 0 Å². The Morgan fingerprint density at radius 2 is 1.83 bits per heavy atom. The Bertz CT molecular complexity index is 565. The van der Waals surface area contributed by atoms with Gasteiger partial charge >= 0.3 is 0 Å². The zero-order chi connectivity index (χ0) is 16.8. The lowest BCUT2D eigenvalue weighted by atomic mass is 10.2. The summed E-state index contributed by atoms with van der Waals surface area (Å²) in [7, 11) is 0. The van der Waals surface area contributed by atoms with Crippen molar-refractivity contribution >= 4 is 23.2 Å². The molecule has 2 amide bonds. The van der Waals surface area contributed by atoms with E-state index in [1.54, 1.807) is 0 Å². The second kappa shape index (κ2) is 8.15. The van der Waals surface area contributed by atoms with Crippen LogP contribution in [0.3, 0.4) is 0 Å². The van der Waals surface area contributed by atoms with E-state index in [0.29, 0.717) is 19.6 Å². The lowest BCUT2D eigenvalue weighted by molar-refractivity contribution is -0.885. The summed E-state index contributed by atoms with van der Waals surface area (Å²) in [5, 5.41) is 5.72. The first-order chi connectivity index (χ1) is 11.7. The molecule has 1 unspecified atom stereocenters. The molecule has 130 valence electrons. The maximum atomic E-state index is 12.1. The van der Waals surface area contributed by atoms with Crippen molar-refractivity contribution in [2.45, 2.75) is 25.7 Å². The van der Waals surface area contributed by atoms with Crippen molar-refractivity contribution in [3.05, 3.63) is 24.3 Å². The lowest BCUT2D eigenvalue weighted by Crippen LogP contribution is -3.16. The van der Waals surface area contributed by atoms with Crippen molar-refractivity contribution in [1.82, 2.24) is 5.32 Å². The Labute approximate surface area is 143 Å². The number of hydrogen-bond acceptors (Lipinski definition) is 3. The number of carbonyl (C=O) groups excluding carboxylic acids is 2. The van der Waals surface area contributed by atoms with Gasteiger partial charge in [-0.2, -0.15) is 0 Å². The third-order valence-electron chi connectivity index (χ3n) is 4.74. The maximum absolute atomic E-state index is 12.1. The SMILES string of the molecule is O=C1C[NH+](CC(=O)Nc2ccc(N3CCCCCC3)cc2)CCN1. The van der Waals surface area contributed by atoms with Gasteiger partial charge in [0.2, 0.25) is 0 Å². The predicted molar refractivity (Wildman–Crippen MR) is 94.3 cm³/mol. The first-order valence-corrected chi connectivity index (χ1v) is 8.96. The lowest BCUT2D eigenvalue weighted by Gasteiger charge is -2.23. The molecule has 0 saturated carbocycles. The Balaban J connectivity index is 1.51. The van der Waals surface area contributed by atoms with Gasteiger partial charge in [-0.15, -0.1) is 0 Å². The summed E-state index contributed by atoms with van der Waals surface area (Å²) in [4.78, 5) is 26.9. The highest BCUT2D eigenvalue weighted by Crippen LogP contribution is 2.21. The fourth-order valence-corrected chi connectivity index (χ4v) is 3.42. The van der Waals surface area contributed by atoms with E-state index in [4.69, 9.17) is 0 Å². The predicted octanol–water partition coefficient (Wildman–Crippen LogP) is 0.0202. The van der Waals surface area contributed by atoms with Crippen molar-refractivity contribution < 1.29 is 14.5 Å². The van der Waals surface area contributed by atoms with Crippen LogP contribution in [0.25, 0.3) is 0 Å². The molecule has 3 rings (SSSR count). The van der Waals surface area contributed by atoms with Crippen LogP contribution < -0.4 is 20.4 Å². The van der Waals surface area contributed by atoms with Gasteiger partial charge in [-0.05, 0) is 37.1 Å². The number of carbonyl (C=O) groups is 2. The van der Waals surface area contributed by atoms with Gasteiger partial charge < -0.3 is 20.4 Å². The second-order valence-corrected chi connectivity index (χ2v) is 6.70. The third kappa shape index (κ3) is 4.71. The van der Waals surface area contributed by atoms with E-state index >= 15 is 0 Å². The molecule has 1 atom stereocenters. The van der Waals surface area contributed by atoms with Gasteiger partial charge in [0.25, 0.3) is 11.8 Å². The minimum atomic E-state index is -0.0396. The van der Waals surface area contributed by atoms with Crippen LogP contribution in [0.5, 0.6) is 0 Å². The number of anilines is 2. The zero-order valence-electron chi connectivity index (χ0n) is 14.1. The number of piperazine rings is 1. The van der Waals surface area contributed by atoms with Crippen LogP contribution in [-0.2, 0) is 9.59 Å². The normalized spacial score (nSPS) is 21.8. The van der Waals surface area contributed by atoms with Crippen LogP contribution in [0.15, 0.2) is 24.3 Å². The molecule has 0 aliphatic carbocycles. The molecule has 2 heterocycles. The molecule has 1 aromatic rings. The summed E-state index contributed by atoms with van der Waals surface area (Å²) in [5.41, 5.74) is 2.05. The number of rotatable bonds is 4. The van der Waals surface area contributed by atoms with E-state index in [9.17, 15) is 9.59 Å². The fraction of sp³-hybridized carbons (Fsp3) is 0.556. The quantitative estimate of drug-likeness (QED) is 0.729. The van der Waals surface area contributed by atoms with Crippen LogP contribution >= 0.6 is 0 Å². The summed E-state index contributed by atoms with van der Waals surface area (Å²) < 4.78 is 0. The molecule has 3 N–H and O–H groups in total. The molecule has 2 saturated heterocycles. The van der Waals surface area contributed by atoms with Gasteiger partial charge in [-0.1, -0.05) is 12.8 Å². The molecule has 24 heavy (non-hydrogen) atoms. The van der Waals surface area contributed by atoms with Gasteiger partial charge in [0, 0.05) is 24.5 Å². The molecular formula is C18H27N4O2+. The number of nitrogens with one attached hydrogen (secondary N) is 3. The Morgan fingerprint density at radius 1 is 1.12 bits per heavy atom. The smallest absolute Gasteiger partial charge is 0.279 e. The largest absolute Gasteiger partial charge is 0.372 e.